The monoisotopic (exact) mass is 351 g/mol. The smallest absolute Gasteiger partial charge is 0.149 e. The van der Waals surface area contributed by atoms with Gasteiger partial charge >= 0.3 is 0 Å². The van der Waals surface area contributed by atoms with Crippen LogP contribution in [0.3, 0.4) is 0 Å². The average Bonchev–Trinajstić information content (AvgIpc) is 3.12. The number of nitrogens with one attached hydrogen (secondary N) is 1. The maximum absolute atomic E-state index is 14.6. The molecule has 1 aliphatic carbocycles. The van der Waals surface area contributed by atoms with Gasteiger partial charge in [-0.05, 0) is 37.0 Å². The maximum atomic E-state index is 14.6. The van der Waals surface area contributed by atoms with E-state index in [4.69, 9.17) is 11.6 Å². The van der Waals surface area contributed by atoms with Gasteiger partial charge in [-0.15, -0.1) is 0 Å². The minimum atomic E-state index is -0.706. The largest absolute Gasteiger partial charge is 0.392 e. The van der Waals surface area contributed by atoms with Crippen molar-refractivity contribution >= 4 is 17.3 Å². The van der Waals surface area contributed by atoms with Crippen molar-refractivity contribution in [1.82, 2.24) is 0 Å². The summed E-state index contributed by atoms with van der Waals surface area (Å²) < 4.78 is 29.0. The number of hydrogen-bond acceptors (Lipinski definition) is 2. The van der Waals surface area contributed by atoms with Crippen LogP contribution in [0.1, 0.15) is 42.9 Å². The van der Waals surface area contributed by atoms with Crippen molar-refractivity contribution in [1.29, 1.82) is 0 Å². The first kappa shape index (κ1) is 17.2. The van der Waals surface area contributed by atoms with E-state index >= 15 is 0 Å². The first-order chi connectivity index (χ1) is 11.6. The molecule has 24 heavy (non-hydrogen) atoms. The molecule has 0 aromatic heterocycles. The molecule has 1 fully saturated rings. The van der Waals surface area contributed by atoms with Gasteiger partial charge < -0.3 is 10.4 Å². The van der Waals surface area contributed by atoms with Gasteiger partial charge in [0.1, 0.15) is 11.6 Å². The van der Waals surface area contributed by atoms with Crippen LogP contribution in [0.2, 0.25) is 5.02 Å². The highest BCUT2D eigenvalue weighted by atomic mass is 35.5. The highest BCUT2D eigenvalue weighted by Crippen LogP contribution is 2.41. The summed E-state index contributed by atoms with van der Waals surface area (Å²) in [5.74, 6) is -1.18. The Morgan fingerprint density at radius 1 is 1.12 bits per heavy atom. The van der Waals surface area contributed by atoms with Gasteiger partial charge in [0.2, 0.25) is 0 Å². The minimum Gasteiger partial charge on any atom is -0.392 e. The fourth-order valence-corrected chi connectivity index (χ4v) is 3.68. The third-order valence-electron chi connectivity index (χ3n) is 4.76. The molecule has 128 valence electrons. The van der Waals surface area contributed by atoms with Gasteiger partial charge in [0.05, 0.1) is 17.7 Å². The molecule has 0 amide bonds. The molecule has 2 aromatic rings. The second-order valence-electron chi connectivity index (χ2n) is 6.24. The predicted molar refractivity (Wildman–Crippen MR) is 92.1 cm³/mol. The van der Waals surface area contributed by atoms with Crippen LogP contribution in [0.5, 0.6) is 0 Å². The minimum absolute atomic E-state index is 0.0119. The summed E-state index contributed by atoms with van der Waals surface area (Å²) in [7, 11) is 0. The molecular formula is C19H20ClF2NO. The van der Waals surface area contributed by atoms with Crippen molar-refractivity contribution in [2.75, 3.05) is 5.32 Å². The SMILES string of the molecule is OCc1ccccc1N[C@H](c1c(F)ccc(Cl)c1F)C1CCCC1. The van der Waals surface area contributed by atoms with Crippen LogP contribution in [0.25, 0.3) is 0 Å². The molecule has 3 rings (SSSR count). The Balaban J connectivity index is 2.03. The van der Waals surface area contributed by atoms with Crippen molar-refractivity contribution in [2.24, 2.45) is 5.92 Å². The zero-order valence-corrected chi connectivity index (χ0v) is 14.0. The molecule has 0 aliphatic heterocycles. The van der Waals surface area contributed by atoms with E-state index in [1.165, 1.54) is 12.1 Å². The molecule has 2 N–H and O–H groups in total. The quantitative estimate of drug-likeness (QED) is 0.701. The van der Waals surface area contributed by atoms with Crippen LogP contribution in [0.15, 0.2) is 36.4 Å². The van der Waals surface area contributed by atoms with Crippen LogP contribution in [-0.2, 0) is 6.61 Å². The highest BCUT2D eigenvalue weighted by molar-refractivity contribution is 6.30. The van der Waals surface area contributed by atoms with Gasteiger partial charge in [-0.1, -0.05) is 42.6 Å². The van der Waals surface area contributed by atoms with Crippen LogP contribution in [-0.4, -0.2) is 5.11 Å². The normalized spacial score (nSPS) is 16.3. The molecule has 0 unspecified atom stereocenters. The molecule has 0 spiro atoms. The number of para-hydroxylation sites is 1. The molecule has 1 aliphatic rings. The Bertz CT molecular complexity index is 717. The van der Waals surface area contributed by atoms with E-state index < -0.39 is 17.7 Å². The van der Waals surface area contributed by atoms with Crippen molar-refractivity contribution in [2.45, 2.75) is 38.3 Å². The van der Waals surface area contributed by atoms with Gasteiger partial charge in [0.25, 0.3) is 0 Å². The van der Waals surface area contributed by atoms with E-state index in [0.717, 1.165) is 25.7 Å². The summed E-state index contributed by atoms with van der Waals surface area (Å²) in [6.07, 6.45) is 3.91. The maximum Gasteiger partial charge on any atom is 0.149 e. The van der Waals surface area contributed by atoms with Gasteiger partial charge in [-0.25, -0.2) is 8.78 Å². The van der Waals surface area contributed by atoms with Crippen molar-refractivity contribution < 1.29 is 13.9 Å². The average molecular weight is 352 g/mol. The lowest BCUT2D eigenvalue weighted by atomic mass is 9.90. The topological polar surface area (TPSA) is 32.3 Å². The van der Waals surface area contributed by atoms with Crippen LogP contribution in [0.4, 0.5) is 14.5 Å². The molecule has 0 saturated heterocycles. The summed E-state index contributed by atoms with van der Waals surface area (Å²) in [6, 6.07) is 9.19. The molecule has 1 atom stereocenters. The number of rotatable bonds is 5. The third-order valence-corrected chi connectivity index (χ3v) is 5.05. The predicted octanol–water partition coefficient (Wildman–Crippen LogP) is 5.45. The third kappa shape index (κ3) is 3.40. The Morgan fingerprint density at radius 3 is 2.54 bits per heavy atom. The highest BCUT2D eigenvalue weighted by Gasteiger charge is 2.31. The van der Waals surface area contributed by atoms with E-state index in [9.17, 15) is 13.9 Å². The zero-order chi connectivity index (χ0) is 17.1. The van der Waals surface area contributed by atoms with Crippen LogP contribution in [0, 0.1) is 17.6 Å². The number of hydrogen-bond donors (Lipinski definition) is 2. The number of benzene rings is 2. The van der Waals surface area contributed by atoms with Crippen molar-refractivity contribution in [3.63, 3.8) is 0 Å². The second-order valence-corrected chi connectivity index (χ2v) is 6.65. The zero-order valence-electron chi connectivity index (χ0n) is 13.2. The van der Waals surface area contributed by atoms with Gasteiger partial charge in [-0.3, -0.25) is 0 Å². The van der Waals surface area contributed by atoms with E-state index in [1.54, 1.807) is 6.07 Å². The fraction of sp³-hybridized carbons (Fsp3) is 0.368. The number of halogens is 3. The lowest BCUT2D eigenvalue weighted by Gasteiger charge is -2.28. The van der Waals surface area contributed by atoms with Gasteiger partial charge in [0.15, 0.2) is 0 Å². The van der Waals surface area contributed by atoms with Crippen molar-refractivity contribution in [3.8, 4) is 0 Å². The van der Waals surface area contributed by atoms with E-state index in [1.807, 2.05) is 18.2 Å². The Hall–Kier alpha value is -1.65. The van der Waals surface area contributed by atoms with Crippen LogP contribution < -0.4 is 5.32 Å². The first-order valence-electron chi connectivity index (χ1n) is 8.20. The molecule has 2 aromatic carbocycles. The molecular weight excluding hydrogens is 332 g/mol. The number of aliphatic hydroxyl groups is 1. The Kier molecular flexibility index (Phi) is 5.36. The summed E-state index contributed by atoms with van der Waals surface area (Å²) >= 11 is 5.89. The fourth-order valence-electron chi connectivity index (χ4n) is 3.51. The Morgan fingerprint density at radius 2 is 1.83 bits per heavy atom. The summed E-state index contributed by atoms with van der Waals surface area (Å²) in [6.45, 7) is -0.138. The van der Waals surface area contributed by atoms with Gasteiger partial charge in [-0.2, -0.15) is 0 Å². The lowest BCUT2D eigenvalue weighted by Crippen LogP contribution is -2.22. The van der Waals surface area contributed by atoms with Crippen molar-refractivity contribution in [3.05, 3.63) is 64.2 Å². The molecule has 0 bridgehead atoms. The molecule has 0 radical (unpaired) electrons. The van der Waals surface area contributed by atoms with E-state index in [2.05, 4.69) is 5.32 Å². The summed E-state index contributed by atoms with van der Waals surface area (Å²) in [5, 5.41) is 12.7. The number of anilines is 1. The molecule has 5 heteroatoms. The molecule has 1 saturated carbocycles. The summed E-state index contributed by atoms with van der Waals surface area (Å²) in [4.78, 5) is 0. The molecule has 0 heterocycles. The first-order valence-corrected chi connectivity index (χ1v) is 8.58. The standard InChI is InChI=1S/C19H20ClF2NO/c20-14-9-10-15(21)17(18(14)22)19(12-5-1-2-6-12)23-16-8-4-3-7-13(16)11-24/h3-4,7-10,12,19,23-24H,1-2,5-6,11H2/t19-/m0/s1. The summed E-state index contributed by atoms with van der Waals surface area (Å²) in [5.41, 5.74) is 1.38. The van der Waals surface area contributed by atoms with E-state index in [-0.39, 0.29) is 23.1 Å². The van der Waals surface area contributed by atoms with Gasteiger partial charge in [0, 0.05) is 16.8 Å². The van der Waals surface area contributed by atoms with E-state index in [0.29, 0.717) is 11.3 Å². The van der Waals surface area contributed by atoms with Crippen LogP contribution >= 0.6 is 11.6 Å². The number of aliphatic hydroxyl groups excluding tert-OH is 1. The lowest BCUT2D eigenvalue weighted by molar-refractivity contribution is 0.282. The Labute approximate surface area is 145 Å². The molecule has 2 nitrogen and oxygen atoms in total. The second kappa shape index (κ2) is 7.49.